The Morgan fingerprint density at radius 2 is 1.96 bits per heavy atom. The lowest BCUT2D eigenvalue weighted by atomic mass is 9.88. The van der Waals surface area contributed by atoms with Crippen LogP contribution in [-0.4, -0.2) is 19.2 Å². The second-order valence-corrected chi connectivity index (χ2v) is 7.86. The van der Waals surface area contributed by atoms with E-state index in [4.69, 9.17) is 16.3 Å². The quantitative estimate of drug-likeness (QED) is 0.691. The summed E-state index contributed by atoms with van der Waals surface area (Å²) in [5.74, 6) is 0.429. The molecule has 1 aliphatic rings. The van der Waals surface area contributed by atoms with E-state index in [1.54, 1.807) is 0 Å². The fraction of sp³-hybridized carbons (Fsp3) is 0.300. The molecule has 1 aliphatic heterocycles. The van der Waals surface area contributed by atoms with Crippen molar-refractivity contribution in [3.8, 4) is 0 Å². The summed E-state index contributed by atoms with van der Waals surface area (Å²) < 4.78 is 7.64. The van der Waals surface area contributed by atoms with Crippen molar-refractivity contribution in [1.29, 1.82) is 0 Å². The maximum Gasteiger partial charge on any atom is 0.0814 e. The van der Waals surface area contributed by atoms with Gasteiger partial charge in [0.15, 0.2) is 0 Å². The molecule has 0 saturated carbocycles. The molecule has 1 N–H and O–H groups in total. The number of thiophene rings is 1. The highest BCUT2D eigenvalue weighted by Crippen LogP contribution is 2.31. The fourth-order valence-electron chi connectivity index (χ4n) is 3.39. The lowest BCUT2D eigenvalue weighted by Crippen LogP contribution is -2.40. The third-order valence-corrected chi connectivity index (χ3v) is 5.98. The molecule has 2 atom stereocenters. The molecule has 2 heterocycles. The maximum atomic E-state index is 6.31. The molecule has 4 heteroatoms. The molecular formula is C20H20ClNOS. The molecule has 0 spiro atoms. The van der Waals surface area contributed by atoms with Gasteiger partial charge in [-0.15, -0.1) is 11.3 Å². The molecule has 1 saturated heterocycles. The largest absolute Gasteiger partial charge is 0.371 e. The molecule has 24 heavy (non-hydrogen) atoms. The van der Waals surface area contributed by atoms with Gasteiger partial charge in [0.25, 0.3) is 0 Å². The highest BCUT2D eigenvalue weighted by atomic mass is 35.5. The number of rotatable bonds is 4. The van der Waals surface area contributed by atoms with E-state index in [1.807, 2.05) is 23.5 Å². The normalized spacial score (nSPS) is 21.2. The van der Waals surface area contributed by atoms with Crippen LogP contribution in [0.15, 0.2) is 54.6 Å². The van der Waals surface area contributed by atoms with E-state index in [2.05, 4.69) is 47.8 Å². The van der Waals surface area contributed by atoms with Crippen LogP contribution in [0.4, 0.5) is 0 Å². The average Bonchev–Trinajstić information content (AvgIpc) is 3.04. The molecule has 0 aliphatic carbocycles. The first-order valence-corrected chi connectivity index (χ1v) is 9.54. The van der Waals surface area contributed by atoms with Crippen molar-refractivity contribution < 1.29 is 4.74 Å². The van der Waals surface area contributed by atoms with Gasteiger partial charge < -0.3 is 10.1 Å². The van der Waals surface area contributed by atoms with Crippen LogP contribution in [0.1, 0.15) is 22.8 Å². The zero-order chi connectivity index (χ0) is 16.4. The number of halogens is 1. The van der Waals surface area contributed by atoms with Crippen LogP contribution >= 0.6 is 22.9 Å². The van der Waals surface area contributed by atoms with Gasteiger partial charge in [-0.3, -0.25) is 0 Å². The Balaban J connectivity index is 1.47. The monoisotopic (exact) mass is 357 g/mol. The Kier molecular flexibility index (Phi) is 4.86. The van der Waals surface area contributed by atoms with Gasteiger partial charge in [-0.2, -0.15) is 0 Å². The van der Waals surface area contributed by atoms with Gasteiger partial charge in [0, 0.05) is 27.1 Å². The fourth-order valence-corrected chi connectivity index (χ4v) is 4.51. The molecule has 1 aromatic heterocycles. The summed E-state index contributed by atoms with van der Waals surface area (Å²) in [7, 11) is 0. The lowest BCUT2D eigenvalue weighted by Gasteiger charge is -2.32. The second kappa shape index (κ2) is 7.24. The van der Waals surface area contributed by atoms with E-state index < -0.39 is 0 Å². The molecule has 2 unspecified atom stereocenters. The molecule has 0 amide bonds. The summed E-state index contributed by atoms with van der Waals surface area (Å²) in [5, 5.41) is 5.55. The zero-order valence-corrected chi connectivity index (χ0v) is 14.9. The van der Waals surface area contributed by atoms with E-state index >= 15 is 0 Å². The van der Waals surface area contributed by atoms with E-state index in [0.29, 0.717) is 12.5 Å². The SMILES string of the molecule is Clc1ccc(C2CCNCC2OCc2cc3ccccc3s2)cc1. The molecule has 124 valence electrons. The predicted molar refractivity (Wildman–Crippen MR) is 102 cm³/mol. The van der Waals surface area contributed by atoms with Gasteiger partial charge in [-0.1, -0.05) is 41.9 Å². The molecule has 4 rings (SSSR count). The van der Waals surface area contributed by atoms with E-state index in [-0.39, 0.29) is 6.10 Å². The Morgan fingerprint density at radius 1 is 1.12 bits per heavy atom. The molecule has 3 aromatic rings. The Labute approximate surface area is 151 Å². The Bertz CT molecular complexity index is 781. The Morgan fingerprint density at radius 3 is 2.79 bits per heavy atom. The topological polar surface area (TPSA) is 21.3 Å². The van der Waals surface area contributed by atoms with Crippen molar-refractivity contribution in [3.63, 3.8) is 0 Å². The highest BCUT2D eigenvalue weighted by Gasteiger charge is 2.27. The number of fused-ring (bicyclic) bond motifs is 1. The van der Waals surface area contributed by atoms with E-state index in [0.717, 1.165) is 24.5 Å². The summed E-state index contributed by atoms with van der Waals surface area (Å²) in [6.45, 7) is 2.62. The van der Waals surface area contributed by atoms with Crippen LogP contribution < -0.4 is 5.32 Å². The van der Waals surface area contributed by atoms with Crippen molar-refractivity contribution in [2.75, 3.05) is 13.1 Å². The first kappa shape index (κ1) is 16.1. The van der Waals surface area contributed by atoms with Crippen LogP contribution in [0.25, 0.3) is 10.1 Å². The van der Waals surface area contributed by atoms with Gasteiger partial charge in [-0.05, 0) is 48.2 Å². The van der Waals surface area contributed by atoms with Crippen LogP contribution in [0.5, 0.6) is 0 Å². The van der Waals surface area contributed by atoms with Crippen LogP contribution in [0.2, 0.25) is 5.02 Å². The molecule has 0 radical (unpaired) electrons. The second-order valence-electron chi connectivity index (χ2n) is 6.25. The summed E-state index contributed by atoms with van der Waals surface area (Å²) in [4.78, 5) is 1.29. The standard InChI is InChI=1S/C20H20ClNOS/c21-16-7-5-14(6-8-16)18-9-10-22-12-19(18)23-13-17-11-15-3-1-2-4-20(15)24-17/h1-8,11,18-19,22H,9-10,12-13H2. The van der Waals surface area contributed by atoms with Gasteiger partial charge in [-0.25, -0.2) is 0 Å². The number of piperidine rings is 1. The molecule has 1 fully saturated rings. The first-order valence-electron chi connectivity index (χ1n) is 8.35. The minimum absolute atomic E-state index is 0.199. The Hall–Kier alpha value is -1.39. The number of hydrogen-bond donors (Lipinski definition) is 1. The molecular weight excluding hydrogens is 338 g/mol. The van der Waals surface area contributed by atoms with Gasteiger partial charge in [0.05, 0.1) is 12.7 Å². The third-order valence-electron chi connectivity index (χ3n) is 4.64. The predicted octanol–water partition coefficient (Wildman–Crippen LogP) is 5.22. The lowest BCUT2D eigenvalue weighted by molar-refractivity contribution is 0.0119. The number of ether oxygens (including phenoxy) is 1. The molecule has 2 nitrogen and oxygen atoms in total. The van der Waals surface area contributed by atoms with Gasteiger partial charge in [0.1, 0.15) is 0 Å². The van der Waals surface area contributed by atoms with Gasteiger partial charge >= 0.3 is 0 Å². The van der Waals surface area contributed by atoms with Crippen LogP contribution in [0.3, 0.4) is 0 Å². The van der Waals surface area contributed by atoms with Crippen molar-refractivity contribution in [2.24, 2.45) is 0 Å². The smallest absolute Gasteiger partial charge is 0.0814 e. The zero-order valence-electron chi connectivity index (χ0n) is 13.4. The third kappa shape index (κ3) is 3.50. The summed E-state index contributed by atoms with van der Waals surface area (Å²) in [5.41, 5.74) is 1.32. The number of nitrogens with one attached hydrogen (secondary N) is 1. The van der Waals surface area contributed by atoms with Gasteiger partial charge in [0.2, 0.25) is 0 Å². The van der Waals surface area contributed by atoms with Crippen molar-refractivity contribution in [1.82, 2.24) is 5.32 Å². The van der Waals surface area contributed by atoms with Crippen LogP contribution in [0, 0.1) is 0 Å². The summed E-state index contributed by atoms with van der Waals surface area (Å²) in [6, 6.07) is 19.0. The van der Waals surface area contributed by atoms with Crippen molar-refractivity contribution in [2.45, 2.75) is 25.0 Å². The molecule has 2 aromatic carbocycles. The van der Waals surface area contributed by atoms with Crippen molar-refractivity contribution >= 4 is 33.0 Å². The maximum absolute atomic E-state index is 6.31. The van der Waals surface area contributed by atoms with Crippen molar-refractivity contribution in [3.05, 3.63) is 70.1 Å². The summed E-state index contributed by atoms with van der Waals surface area (Å²) >= 11 is 7.85. The minimum atomic E-state index is 0.199. The number of hydrogen-bond acceptors (Lipinski definition) is 3. The average molecular weight is 358 g/mol. The van der Waals surface area contributed by atoms with E-state index in [9.17, 15) is 0 Å². The van der Waals surface area contributed by atoms with E-state index in [1.165, 1.54) is 20.5 Å². The first-order chi connectivity index (χ1) is 11.8. The minimum Gasteiger partial charge on any atom is -0.371 e. The molecule has 0 bridgehead atoms. The number of benzene rings is 2. The highest BCUT2D eigenvalue weighted by molar-refractivity contribution is 7.19. The van der Waals surface area contributed by atoms with Crippen LogP contribution in [-0.2, 0) is 11.3 Å². The summed E-state index contributed by atoms with van der Waals surface area (Å²) in [6.07, 6.45) is 1.30.